The number of methoxy groups -OCH3 is 1. The van der Waals surface area contributed by atoms with E-state index in [0.29, 0.717) is 6.42 Å². The monoisotopic (exact) mass is 260 g/mol. The van der Waals surface area contributed by atoms with Crippen molar-refractivity contribution in [3.05, 3.63) is 35.9 Å². The maximum Gasteiger partial charge on any atom is 0.328 e. The Labute approximate surface area is 112 Å². The molecule has 0 aliphatic rings. The van der Waals surface area contributed by atoms with Crippen LogP contribution in [0.25, 0.3) is 0 Å². The fourth-order valence-electron chi connectivity index (χ4n) is 1.62. The number of esters is 1. The van der Waals surface area contributed by atoms with Gasteiger partial charge in [-0.15, -0.1) is 0 Å². The van der Waals surface area contributed by atoms with Crippen molar-refractivity contribution in [2.75, 3.05) is 7.11 Å². The number of ether oxygens (including phenoxy) is 1. The number of nitriles is 1. The summed E-state index contributed by atoms with van der Waals surface area (Å²) in [5, 5.41) is 11.0. The summed E-state index contributed by atoms with van der Waals surface area (Å²) in [6, 6.07) is 10.5. The Balaban J connectivity index is 2.65. The van der Waals surface area contributed by atoms with E-state index in [9.17, 15) is 9.59 Å². The molecule has 0 bridgehead atoms. The highest BCUT2D eigenvalue weighted by Gasteiger charge is 2.21. The first-order valence-corrected chi connectivity index (χ1v) is 5.95. The van der Waals surface area contributed by atoms with Gasteiger partial charge in [0.2, 0.25) is 5.91 Å². The molecule has 1 aromatic rings. The van der Waals surface area contributed by atoms with E-state index < -0.39 is 12.0 Å². The highest BCUT2D eigenvalue weighted by atomic mass is 16.5. The van der Waals surface area contributed by atoms with E-state index in [0.717, 1.165) is 5.56 Å². The van der Waals surface area contributed by atoms with E-state index in [4.69, 9.17) is 5.26 Å². The highest BCUT2D eigenvalue weighted by Crippen LogP contribution is 2.05. The molecular weight excluding hydrogens is 244 g/mol. The molecule has 0 heterocycles. The number of hydrogen-bond donors (Lipinski definition) is 1. The van der Waals surface area contributed by atoms with Crippen molar-refractivity contribution in [1.82, 2.24) is 5.32 Å². The summed E-state index contributed by atoms with van der Waals surface area (Å²) in [4.78, 5) is 23.2. The standard InChI is InChI=1S/C14H16N2O3/c1-19-14(18)12(16-13(17)8-5-9-15)10-11-6-3-2-4-7-11/h2-4,6-7,12H,5,8,10H2,1H3,(H,16,17). The normalized spacial score (nSPS) is 11.2. The highest BCUT2D eigenvalue weighted by molar-refractivity contribution is 5.84. The zero-order valence-corrected chi connectivity index (χ0v) is 10.8. The average molecular weight is 260 g/mol. The second-order valence-corrected chi connectivity index (χ2v) is 3.99. The lowest BCUT2D eigenvalue weighted by atomic mass is 10.1. The molecule has 1 N–H and O–H groups in total. The van der Waals surface area contributed by atoms with Crippen LogP contribution >= 0.6 is 0 Å². The van der Waals surface area contributed by atoms with Crippen LogP contribution in [0.3, 0.4) is 0 Å². The molecular formula is C14H16N2O3. The summed E-state index contributed by atoms with van der Waals surface area (Å²) in [5.74, 6) is -0.818. The molecule has 100 valence electrons. The Morgan fingerprint density at radius 2 is 2.05 bits per heavy atom. The minimum Gasteiger partial charge on any atom is -0.467 e. The van der Waals surface area contributed by atoms with E-state index >= 15 is 0 Å². The van der Waals surface area contributed by atoms with Gasteiger partial charge >= 0.3 is 5.97 Å². The van der Waals surface area contributed by atoms with Crippen LogP contribution in [0.4, 0.5) is 0 Å². The van der Waals surface area contributed by atoms with Crippen molar-refractivity contribution >= 4 is 11.9 Å². The number of nitrogens with one attached hydrogen (secondary N) is 1. The van der Waals surface area contributed by atoms with Gasteiger partial charge < -0.3 is 10.1 Å². The van der Waals surface area contributed by atoms with E-state index in [2.05, 4.69) is 10.1 Å². The van der Waals surface area contributed by atoms with Crippen LogP contribution in [-0.2, 0) is 20.7 Å². The number of nitrogens with zero attached hydrogens (tertiary/aromatic N) is 1. The number of benzene rings is 1. The SMILES string of the molecule is COC(=O)C(Cc1ccccc1)NC(=O)CCC#N. The van der Waals surface area contributed by atoms with E-state index in [1.54, 1.807) is 0 Å². The molecule has 1 atom stereocenters. The summed E-state index contributed by atoms with van der Waals surface area (Å²) in [6.07, 6.45) is 0.579. The largest absolute Gasteiger partial charge is 0.467 e. The topological polar surface area (TPSA) is 79.2 Å². The first-order valence-electron chi connectivity index (χ1n) is 5.95. The summed E-state index contributed by atoms with van der Waals surface area (Å²) >= 11 is 0. The minimum absolute atomic E-state index is 0.0821. The first-order chi connectivity index (χ1) is 9.17. The lowest BCUT2D eigenvalue weighted by molar-refractivity contribution is -0.145. The molecule has 0 saturated carbocycles. The summed E-state index contributed by atoms with van der Waals surface area (Å²) < 4.78 is 4.67. The second-order valence-electron chi connectivity index (χ2n) is 3.99. The molecule has 0 spiro atoms. The lowest BCUT2D eigenvalue weighted by Gasteiger charge is -2.16. The molecule has 0 aliphatic heterocycles. The quantitative estimate of drug-likeness (QED) is 0.779. The molecule has 0 radical (unpaired) electrons. The van der Waals surface area contributed by atoms with Gasteiger partial charge in [-0.1, -0.05) is 30.3 Å². The molecule has 0 aromatic heterocycles. The maximum atomic E-state index is 11.6. The van der Waals surface area contributed by atoms with E-state index in [1.165, 1.54) is 7.11 Å². The molecule has 1 unspecified atom stereocenters. The Hall–Kier alpha value is -2.35. The van der Waals surface area contributed by atoms with Crippen molar-refractivity contribution in [1.29, 1.82) is 5.26 Å². The summed E-state index contributed by atoms with van der Waals surface area (Å²) in [7, 11) is 1.28. The number of carbonyl (C=O) groups is 2. The van der Waals surface area contributed by atoms with Gasteiger partial charge in [0.25, 0.3) is 0 Å². The third kappa shape index (κ3) is 5.21. The van der Waals surface area contributed by atoms with Crippen molar-refractivity contribution in [3.63, 3.8) is 0 Å². The second kappa shape index (κ2) is 7.88. The van der Waals surface area contributed by atoms with Crippen LogP contribution in [0.1, 0.15) is 18.4 Å². The third-order valence-corrected chi connectivity index (χ3v) is 2.57. The van der Waals surface area contributed by atoms with Crippen LogP contribution in [0.2, 0.25) is 0 Å². The van der Waals surface area contributed by atoms with Crippen LogP contribution in [-0.4, -0.2) is 25.0 Å². The molecule has 0 aliphatic carbocycles. The minimum atomic E-state index is -0.724. The van der Waals surface area contributed by atoms with Gasteiger partial charge in [-0.25, -0.2) is 4.79 Å². The van der Waals surface area contributed by atoms with Gasteiger partial charge in [0.1, 0.15) is 6.04 Å². The Kier molecular flexibility index (Phi) is 6.10. The zero-order valence-electron chi connectivity index (χ0n) is 10.8. The van der Waals surface area contributed by atoms with Crippen molar-refractivity contribution in [2.24, 2.45) is 0 Å². The predicted molar refractivity (Wildman–Crippen MR) is 68.9 cm³/mol. The molecule has 19 heavy (non-hydrogen) atoms. The molecule has 1 rings (SSSR count). The number of rotatable bonds is 6. The van der Waals surface area contributed by atoms with Gasteiger partial charge in [-0.05, 0) is 5.56 Å². The number of amides is 1. The summed E-state index contributed by atoms with van der Waals surface area (Å²) in [5.41, 5.74) is 0.929. The molecule has 5 nitrogen and oxygen atoms in total. The van der Waals surface area contributed by atoms with Crippen LogP contribution < -0.4 is 5.32 Å². The van der Waals surface area contributed by atoms with Crippen LogP contribution in [0, 0.1) is 11.3 Å². The Morgan fingerprint density at radius 3 is 2.63 bits per heavy atom. The Bertz CT molecular complexity index is 465. The van der Waals surface area contributed by atoms with Gasteiger partial charge in [-0.2, -0.15) is 5.26 Å². The van der Waals surface area contributed by atoms with E-state index in [-0.39, 0.29) is 18.7 Å². The van der Waals surface area contributed by atoms with Crippen molar-refractivity contribution in [3.8, 4) is 6.07 Å². The number of carbonyl (C=O) groups excluding carboxylic acids is 2. The first kappa shape index (κ1) is 14.7. The van der Waals surface area contributed by atoms with Gasteiger partial charge in [0, 0.05) is 19.3 Å². The predicted octanol–water partition coefficient (Wildman–Crippen LogP) is 1.19. The van der Waals surface area contributed by atoms with Crippen LogP contribution in [0.15, 0.2) is 30.3 Å². The third-order valence-electron chi connectivity index (χ3n) is 2.57. The fraction of sp³-hybridized carbons (Fsp3) is 0.357. The summed E-state index contributed by atoms with van der Waals surface area (Å²) in [6.45, 7) is 0. The smallest absolute Gasteiger partial charge is 0.328 e. The Morgan fingerprint density at radius 1 is 1.37 bits per heavy atom. The molecule has 1 amide bonds. The maximum absolute atomic E-state index is 11.6. The number of hydrogen-bond acceptors (Lipinski definition) is 4. The van der Waals surface area contributed by atoms with Crippen molar-refractivity contribution < 1.29 is 14.3 Å². The molecule has 1 aromatic carbocycles. The average Bonchev–Trinajstić information content (AvgIpc) is 2.44. The van der Waals surface area contributed by atoms with Crippen LogP contribution in [0.5, 0.6) is 0 Å². The molecule has 0 fully saturated rings. The fourth-order valence-corrected chi connectivity index (χ4v) is 1.62. The van der Waals surface area contributed by atoms with E-state index in [1.807, 2.05) is 36.4 Å². The van der Waals surface area contributed by atoms with Gasteiger partial charge in [-0.3, -0.25) is 4.79 Å². The molecule has 5 heteroatoms. The zero-order chi connectivity index (χ0) is 14.1. The van der Waals surface area contributed by atoms with Gasteiger partial charge in [0.05, 0.1) is 13.2 Å². The lowest BCUT2D eigenvalue weighted by Crippen LogP contribution is -2.42. The van der Waals surface area contributed by atoms with Crippen molar-refractivity contribution in [2.45, 2.75) is 25.3 Å². The molecule has 0 saturated heterocycles. The van der Waals surface area contributed by atoms with Gasteiger partial charge in [0.15, 0.2) is 0 Å².